The van der Waals surface area contributed by atoms with Crippen molar-refractivity contribution in [1.29, 1.82) is 0 Å². The van der Waals surface area contributed by atoms with Gasteiger partial charge in [-0.05, 0) is 31.2 Å². The van der Waals surface area contributed by atoms with E-state index in [1.807, 2.05) is 0 Å². The van der Waals surface area contributed by atoms with E-state index in [4.69, 9.17) is 4.74 Å². The molecule has 1 heterocycles. The van der Waals surface area contributed by atoms with Crippen LogP contribution in [0.25, 0.3) is 10.8 Å². The third-order valence-electron chi connectivity index (χ3n) is 3.86. The van der Waals surface area contributed by atoms with Crippen molar-refractivity contribution in [2.24, 2.45) is 0 Å². The number of carbonyl (C=O) groups is 2. The van der Waals surface area contributed by atoms with Gasteiger partial charge < -0.3 is 10.1 Å². The smallest absolute Gasteiger partial charge is 0.312 e. The molecule has 3 aromatic rings. The molecule has 0 aliphatic rings. The van der Waals surface area contributed by atoms with Crippen molar-refractivity contribution < 1.29 is 18.7 Å². The highest BCUT2D eigenvalue weighted by Gasteiger charge is 2.19. The number of anilines is 1. The van der Waals surface area contributed by atoms with Crippen molar-refractivity contribution >= 4 is 28.3 Å². The minimum Gasteiger partial charge on any atom is -0.452 e. The first-order chi connectivity index (χ1) is 12.9. The number of benzene rings is 2. The van der Waals surface area contributed by atoms with Gasteiger partial charge in [0.15, 0.2) is 6.10 Å². The summed E-state index contributed by atoms with van der Waals surface area (Å²) in [6.07, 6.45) is -1.30. The van der Waals surface area contributed by atoms with Crippen LogP contribution in [0.3, 0.4) is 0 Å². The van der Waals surface area contributed by atoms with Crippen LogP contribution in [0.15, 0.2) is 53.3 Å². The Balaban J connectivity index is 1.66. The van der Waals surface area contributed by atoms with E-state index in [1.165, 1.54) is 25.1 Å². The lowest BCUT2D eigenvalue weighted by Crippen LogP contribution is -2.30. The highest BCUT2D eigenvalue weighted by Crippen LogP contribution is 2.14. The Kier molecular flexibility index (Phi) is 5.25. The number of esters is 1. The lowest BCUT2D eigenvalue weighted by Gasteiger charge is -2.13. The van der Waals surface area contributed by atoms with E-state index in [0.717, 1.165) is 6.07 Å². The highest BCUT2D eigenvalue weighted by molar-refractivity contribution is 5.95. The van der Waals surface area contributed by atoms with E-state index in [-0.39, 0.29) is 17.7 Å². The number of aromatic amines is 1. The molecule has 1 atom stereocenters. The van der Waals surface area contributed by atoms with Gasteiger partial charge in [0.05, 0.1) is 17.5 Å². The fourth-order valence-electron chi connectivity index (χ4n) is 2.55. The number of carbonyl (C=O) groups excluding carboxylic acids is 2. The van der Waals surface area contributed by atoms with Gasteiger partial charge in [-0.1, -0.05) is 24.3 Å². The van der Waals surface area contributed by atoms with E-state index in [9.17, 15) is 18.8 Å². The number of halogens is 1. The molecule has 3 rings (SSSR count). The Hall–Kier alpha value is -3.55. The number of hydrogen-bond acceptors (Lipinski definition) is 5. The van der Waals surface area contributed by atoms with Gasteiger partial charge in [-0.3, -0.25) is 14.4 Å². The maximum atomic E-state index is 13.2. The average molecular weight is 369 g/mol. The van der Waals surface area contributed by atoms with Crippen molar-refractivity contribution in [3.63, 3.8) is 0 Å². The van der Waals surface area contributed by atoms with E-state index >= 15 is 0 Å². The molecule has 0 aliphatic carbocycles. The van der Waals surface area contributed by atoms with Crippen molar-refractivity contribution in [2.75, 3.05) is 5.32 Å². The maximum Gasteiger partial charge on any atom is 0.312 e. The number of rotatable bonds is 5. The fourth-order valence-corrected chi connectivity index (χ4v) is 2.55. The van der Waals surface area contributed by atoms with Crippen molar-refractivity contribution in [3.05, 3.63) is 70.4 Å². The van der Waals surface area contributed by atoms with Crippen molar-refractivity contribution in [1.82, 2.24) is 10.2 Å². The van der Waals surface area contributed by atoms with Gasteiger partial charge in [-0.25, -0.2) is 9.49 Å². The van der Waals surface area contributed by atoms with Crippen LogP contribution in [0.5, 0.6) is 0 Å². The summed E-state index contributed by atoms with van der Waals surface area (Å²) in [4.78, 5) is 36.0. The van der Waals surface area contributed by atoms with E-state index in [0.29, 0.717) is 16.5 Å². The minimum atomic E-state index is -1.09. The van der Waals surface area contributed by atoms with E-state index < -0.39 is 23.8 Å². The highest BCUT2D eigenvalue weighted by atomic mass is 19.1. The molecule has 1 amide bonds. The van der Waals surface area contributed by atoms with Crippen LogP contribution in [-0.2, 0) is 20.7 Å². The second-order valence-corrected chi connectivity index (χ2v) is 5.85. The molecule has 1 unspecified atom stereocenters. The Morgan fingerprint density at radius 1 is 1.19 bits per heavy atom. The summed E-state index contributed by atoms with van der Waals surface area (Å²) in [5.41, 5.74) is 0.245. The van der Waals surface area contributed by atoms with Gasteiger partial charge in [0.25, 0.3) is 11.5 Å². The van der Waals surface area contributed by atoms with Crippen LogP contribution < -0.4 is 10.9 Å². The number of fused-ring (bicyclic) bond motifs is 1. The number of hydrogen-bond donors (Lipinski definition) is 2. The summed E-state index contributed by atoms with van der Waals surface area (Å²) in [5.74, 6) is -1.76. The standard InChI is InChI=1S/C19H16FN3O4/c1-11(18(25)21-13-6-4-5-12(20)9-13)27-17(24)10-16-14-7-2-3-8-15(14)19(26)23-22-16/h2-9,11H,10H2,1H3,(H,21,25)(H,23,26). The molecule has 1 aromatic heterocycles. The summed E-state index contributed by atoms with van der Waals surface area (Å²) in [7, 11) is 0. The summed E-state index contributed by atoms with van der Waals surface area (Å²) < 4.78 is 18.3. The zero-order valence-corrected chi connectivity index (χ0v) is 14.4. The summed E-state index contributed by atoms with van der Waals surface area (Å²) in [6, 6.07) is 12.1. The van der Waals surface area contributed by atoms with Gasteiger partial charge in [-0.15, -0.1) is 0 Å². The number of amides is 1. The van der Waals surface area contributed by atoms with Crippen LogP contribution in [0, 0.1) is 5.82 Å². The Bertz CT molecular complexity index is 1060. The molecule has 7 nitrogen and oxygen atoms in total. The second kappa shape index (κ2) is 7.77. The first kappa shape index (κ1) is 18.2. The number of ether oxygens (including phenoxy) is 1. The molecular formula is C19H16FN3O4. The molecule has 0 aliphatic heterocycles. The minimum absolute atomic E-state index is 0.213. The number of nitrogens with zero attached hydrogens (tertiary/aromatic N) is 1. The molecule has 0 saturated heterocycles. The fraction of sp³-hybridized carbons (Fsp3) is 0.158. The normalized spacial score (nSPS) is 11.8. The quantitative estimate of drug-likeness (QED) is 0.671. The first-order valence-corrected chi connectivity index (χ1v) is 8.16. The largest absolute Gasteiger partial charge is 0.452 e. The zero-order valence-electron chi connectivity index (χ0n) is 14.4. The first-order valence-electron chi connectivity index (χ1n) is 8.16. The SMILES string of the molecule is CC(OC(=O)Cc1n[nH]c(=O)c2ccccc12)C(=O)Nc1cccc(F)c1. The van der Waals surface area contributed by atoms with E-state index in [1.54, 1.807) is 24.3 Å². The topological polar surface area (TPSA) is 101 Å². The molecule has 8 heteroatoms. The maximum absolute atomic E-state index is 13.2. The van der Waals surface area contributed by atoms with Gasteiger partial charge in [0, 0.05) is 11.1 Å². The Morgan fingerprint density at radius 2 is 1.93 bits per heavy atom. The Morgan fingerprint density at radius 3 is 2.67 bits per heavy atom. The molecule has 0 saturated carbocycles. The molecule has 2 aromatic carbocycles. The molecule has 138 valence electrons. The van der Waals surface area contributed by atoms with Gasteiger partial charge >= 0.3 is 5.97 Å². The average Bonchev–Trinajstić information content (AvgIpc) is 2.64. The monoisotopic (exact) mass is 369 g/mol. The molecule has 0 radical (unpaired) electrons. The lowest BCUT2D eigenvalue weighted by atomic mass is 10.1. The second-order valence-electron chi connectivity index (χ2n) is 5.85. The summed E-state index contributed by atoms with van der Waals surface area (Å²) in [5, 5.41) is 9.65. The number of aromatic nitrogens is 2. The molecule has 0 fully saturated rings. The van der Waals surface area contributed by atoms with Crippen LogP contribution in [0.4, 0.5) is 10.1 Å². The molecule has 0 spiro atoms. The molecular weight excluding hydrogens is 353 g/mol. The van der Waals surface area contributed by atoms with E-state index in [2.05, 4.69) is 15.5 Å². The van der Waals surface area contributed by atoms with Crippen LogP contribution in [0.2, 0.25) is 0 Å². The van der Waals surface area contributed by atoms with Crippen molar-refractivity contribution in [3.8, 4) is 0 Å². The Labute approximate surface area is 153 Å². The van der Waals surface area contributed by atoms with Gasteiger partial charge in [0.1, 0.15) is 5.82 Å². The molecule has 0 bridgehead atoms. The van der Waals surface area contributed by atoms with Gasteiger partial charge in [-0.2, -0.15) is 5.10 Å². The predicted octanol–water partition coefficient (Wildman–Crippen LogP) is 2.18. The molecule has 2 N–H and O–H groups in total. The van der Waals surface area contributed by atoms with Crippen LogP contribution in [-0.4, -0.2) is 28.2 Å². The third kappa shape index (κ3) is 4.35. The summed E-state index contributed by atoms with van der Waals surface area (Å²) >= 11 is 0. The summed E-state index contributed by atoms with van der Waals surface area (Å²) in [6.45, 7) is 1.41. The number of H-pyrrole nitrogens is 1. The zero-order chi connectivity index (χ0) is 19.4. The predicted molar refractivity (Wildman–Crippen MR) is 96.7 cm³/mol. The van der Waals surface area contributed by atoms with Gasteiger partial charge in [0.2, 0.25) is 0 Å². The van der Waals surface area contributed by atoms with Crippen LogP contribution >= 0.6 is 0 Å². The third-order valence-corrected chi connectivity index (χ3v) is 3.86. The van der Waals surface area contributed by atoms with Crippen molar-refractivity contribution in [2.45, 2.75) is 19.4 Å². The van der Waals surface area contributed by atoms with Crippen LogP contribution in [0.1, 0.15) is 12.6 Å². The number of nitrogens with one attached hydrogen (secondary N) is 2. The lowest BCUT2D eigenvalue weighted by molar-refractivity contribution is -0.152. The molecule has 27 heavy (non-hydrogen) atoms.